The van der Waals surface area contributed by atoms with Gasteiger partial charge in [-0.15, -0.1) is 0 Å². The summed E-state index contributed by atoms with van der Waals surface area (Å²) in [6, 6.07) is 9.02. The van der Waals surface area contributed by atoms with E-state index >= 15 is 0 Å². The van der Waals surface area contributed by atoms with Crippen LogP contribution in [0.15, 0.2) is 30.3 Å². The monoisotopic (exact) mass is 342 g/mol. The summed E-state index contributed by atoms with van der Waals surface area (Å²) in [7, 11) is 0.500. The van der Waals surface area contributed by atoms with Crippen molar-refractivity contribution in [2.24, 2.45) is 0 Å². The normalized spacial score (nSPS) is 9.46. The van der Waals surface area contributed by atoms with Gasteiger partial charge in [-0.2, -0.15) is 0 Å². The highest BCUT2D eigenvalue weighted by Gasteiger charge is 2.15. The van der Waals surface area contributed by atoms with Gasteiger partial charge in [0.2, 0.25) is 0 Å². The summed E-state index contributed by atoms with van der Waals surface area (Å²) in [4.78, 5) is 23.1. The van der Waals surface area contributed by atoms with E-state index in [1.54, 1.807) is 12.1 Å². The number of benzene rings is 1. The van der Waals surface area contributed by atoms with Crippen LogP contribution in [0.1, 0.15) is 51.4 Å². The van der Waals surface area contributed by atoms with E-state index in [4.69, 9.17) is 4.74 Å². The summed E-state index contributed by atoms with van der Waals surface area (Å²) >= 11 is 0. The van der Waals surface area contributed by atoms with Crippen molar-refractivity contribution < 1.29 is 18.7 Å². The first-order valence-electron chi connectivity index (χ1n) is 8.06. The first-order chi connectivity index (χ1) is 11.4. The zero-order valence-electron chi connectivity index (χ0n) is 15.6. The molecule has 5 nitrogen and oxygen atoms in total. The number of carbonyl (C=O) groups is 2. The van der Waals surface area contributed by atoms with Crippen molar-refractivity contribution in [3.05, 3.63) is 35.9 Å². The van der Waals surface area contributed by atoms with E-state index in [2.05, 4.69) is 10.6 Å². The number of hydrogen-bond donors (Lipinski definition) is 2. The zero-order chi connectivity index (χ0) is 19.0. The van der Waals surface area contributed by atoms with Crippen LogP contribution < -0.4 is 10.6 Å². The molecular weight excluding hydrogens is 311 g/mol. The zero-order valence-corrected chi connectivity index (χ0v) is 15.6. The number of amides is 2. The van der Waals surface area contributed by atoms with Gasteiger partial charge in [-0.05, 0) is 39.3 Å². The molecule has 24 heavy (non-hydrogen) atoms. The maximum Gasteiger partial charge on any atom is 0.407 e. The number of ether oxygens (including phenoxy) is 1. The number of hydrogen-bond acceptors (Lipinski definition) is 3. The second-order valence-electron chi connectivity index (χ2n) is 5.40. The fraction of sp³-hybridized carbons (Fsp3) is 0.556. The highest BCUT2D eigenvalue weighted by molar-refractivity contribution is 5.94. The van der Waals surface area contributed by atoms with Crippen LogP contribution in [0, 0.1) is 0 Å². The Morgan fingerprint density at radius 1 is 1.00 bits per heavy atom. The van der Waals surface area contributed by atoms with Crippen LogP contribution in [0.3, 0.4) is 0 Å². The van der Waals surface area contributed by atoms with E-state index in [0.717, 1.165) is 0 Å². The molecule has 0 bridgehead atoms. The summed E-state index contributed by atoms with van der Waals surface area (Å²) in [5, 5.41) is 5.43. The van der Waals surface area contributed by atoms with Crippen LogP contribution in [0.5, 0.6) is 0 Å². The maximum absolute atomic E-state index is 11.7. The number of nitrogens with one attached hydrogen (secondary N) is 2. The standard InChI is InChI=1S/C15H22N2O3.C2H6.CH3F/c1-15(2,3)20-14(19)17-11-7-10-16-13(18)12-8-5-4-6-9-12;2*1-2/h4-6,8-9H,7,10-11H2,1-3H3,(H,16,18)(H,17,19);1-2H3;1H3. The number of rotatable bonds is 5. The summed E-state index contributed by atoms with van der Waals surface area (Å²) in [5.74, 6) is -0.108. The molecule has 2 amide bonds. The smallest absolute Gasteiger partial charge is 0.407 e. The minimum Gasteiger partial charge on any atom is -0.444 e. The maximum atomic E-state index is 11.7. The fourth-order valence-electron chi connectivity index (χ4n) is 1.49. The highest BCUT2D eigenvalue weighted by atomic mass is 19.1. The average molecular weight is 342 g/mol. The van der Waals surface area contributed by atoms with E-state index in [1.165, 1.54) is 0 Å². The summed E-state index contributed by atoms with van der Waals surface area (Å²) in [6.45, 7) is 10.4. The Morgan fingerprint density at radius 3 is 2.00 bits per heavy atom. The Kier molecular flexibility index (Phi) is 14.6. The van der Waals surface area contributed by atoms with E-state index in [9.17, 15) is 14.0 Å². The lowest BCUT2D eigenvalue weighted by Crippen LogP contribution is -2.34. The Labute approximate surface area is 145 Å². The molecule has 0 spiro atoms. The molecule has 1 rings (SSSR count). The van der Waals surface area contributed by atoms with Crippen LogP contribution in [-0.2, 0) is 4.74 Å². The van der Waals surface area contributed by atoms with Crippen LogP contribution in [0.25, 0.3) is 0 Å². The Morgan fingerprint density at radius 2 is 1.50 bits per heavy atom. The Hall–Kier alpha value is -2.11. The van der Waals surface area contributed by atoms with E-state index in [1.807, 2.05) is 52.8 Å². The third-order valence-corrected chi connectivity index (χ3v) is 2.34. The summed E-state index contributed by atoms with van der Waals surface area (Å²) in [6.07, 6.45) is 0.213. The van der Waals surface area contributed by atoms with E-state index in [0.29, 0.717) is 32.3 Å². The van der Waals surface area contributed by atoms with Crippen LogP contribution in [0.4, 0.5) is 9.18 Å². The van der Waals surface area contributed by atoms with Gasteiger partial charge in [0.25, 0.3) is 5.91 Å². The Bertz CT molecular complexity index is 445. The number of halogens is 1. The molecule has 0 radical (unpaired) electrons. The van der Waals surface area contributed by atoms with Gasteiger partial charge in [0, 0.05) is 18.7 Å². The second kappa shape index (κ2) is 14.5. The van der Waals surface area contributed by atoms with Crippen molar-refractivity contribution in [3.63, 3.8) is 0 Å². The second-order valence-corrected chi connectivity index (χ2v) is 5.40. The molecule has 0 saturated carbocycles. The third-order valence-electron chi connectivity index (χ3n) is 2.34. The minimum absolute atomic E-state index is 0.108. The molecule has 0 aliphatic rings. The topological polar surface area (TPSA) is 67.4 Å². The predicted molar refractivity (Wildman–Crippen MR) is 96.0 cm³/mol. The number of alkyl carbamates (subject to hydrolysis) is 1. The van der Waals surface area contributed by atoms with Crippen LogP contribution >= 0.6 is 0 Å². The molecule has 0 aliphatic heterocycles. The van der Waals surface area contributed by atoms with Gasteiger partial charge in [-0.3, -0.25) is 9.18 Å². The lowest BCUT2D eigenvalue weighted by Gasteiger charge is -2.19. The van der Waals surface area contributed by atoms with Crippen molar-refractivity contribution >= 4 is 12.0 Å². The van der Waals surface area contributed by atoms with Crippen molar-refractivity contribution in [3.8, 4) is 0 Å². The lowest BCUT2D eigenvalue weighted by molar-refractivity contribution is 0.0527. The van der Waals surface area contributed by atoms with Gasteiger partial charge in [-0.1, -0.05) is 32.0 Å². The highest BCUT2D eigenvalue weighted by Crippen LogP contribution is 2.06. The Balaban J connectivity index is 0. The van der Waals surface area contributed by atoms with Gasteiger partial charge < -0.3 is 15.4 Å². The van der Waals surface area contributed by atoms with E-state index < -0.39 is 11.7 Å². The van der Waals surface area contributed by atoms with Crippen LogP contribution in [-0.4, -0.2) is 37.9 Å². The first-order valence-corrected chi connectivity index (χ1v) is 8.06. The summed E-state index contributed by atoms with van der Waals surface area (Å²) < 4.78 is 14.6. The molecule has 138 valence electrons. The largest absolute Gasteiger partial charge is 0.444 e. The van der Waals surface area contributed by atoms with Crippen molar-refractivity contribution in [1.29, 1.82) is 0 Å². The quantitative estimate of drug-likeness (QED) is 0.796. The molecule has 0 unspecified atom stereocenters. The molecule has 1 aromatic rings. The fourth-order valence-corrected chi connectivity index (χ4v) is 1.49. The van der Waals surface area contributed by atoms with Gasteiger partial charge in [-0.25, -0.2) is 4.79 Å². The van der Waals surface area contributed by atoms with Gasteiger partial charge >= 0.3 is 6.09 Å². The SMILES string of the molecule is CC.CC(C)(C)OC(=O)NCCCNC(=O)c1ccccc1.CF. The van der Waals surface area contributed by atoms with Crippen molar-refractivity contribution in [1.82, 2.24) is 10.6 Å². The van der Waals surface area contributed by atoms with Gasteiger partial charge in [0.05, 0.1) is 7.18 Å². The molecular formula is C18H31FN2O3. The molecule has 6 heteroatoms. The van der Waals surface area contributed by atoms with Crippen molar-refractivity contribution in [2.75, 3.05) is 20.3 Å². The molecule has 0 aromatic heterocycles. The third kappa shape index (κ3) is 13.5. The molecule has 0 aliphatic carbocycles. The predicted octanol–water partition coefficient (Wildman–Crippen LogP) is 3.94. The molecule has 0 heterocycles. The molecule has 0 atom stereocenters. The van der Waals surface area contributed by atoms with Gasteiger partial charge in [0.1, 0.15) is 5.60 Å². The summed E-state index contributed by atoms with van der Waals surface area (Å²) in [5.41, 5.74) is 0.138. The number of carbonyl (C=O) groups excluding carboxylic acids is 2. The lowest BCUT2D eigenvalue weighted by atomic mass is 10.2. The number of alkyl halides is 1. The molecule has 2 N–H and O–H groups in total. The minimum atomic E-state index is -0.494. The van der Waals surface area contributed by atoms with Crippen LogP contribution in [0.2, 0.25) is 0 Å². The van der Waals surface area contributed by atoms with E-state index in [-0.39, 0.29) is 5.91 Å². The van der Waals surface area contributed by atoms with Crippen molar-refractivity contribution in [2.45, 2.75) is 46.6 Å². The van der Waals surface area contributed by atoms with Gasteiger partial charge in [0.15, 0.2) is 0 Å². The molecule has 0 saturated heterocycles. The molecule has 0 fully saturated rings. The first kappa shape index (κ1) is 24.1. The molecule has 1 aromatic carbocycles. The average Bonchev–Trinajstić information content (AvgIpc) is 2.57.